The zero-order chi connectivity index (χ0) is 12.0. The lowest BCUT2D eigenvalue weighted by atomic mass is 10.2. The minimum Gasteiger partial charge on any atom is -0.391 e. The van der Waals surface area contributed by atoms with E-state index >= 15 is 0 Å². The van der Waals surface area contributed by atoms with Crippen molar-refractivity contribution in [2.75, 3.05) is 20.1 Å². The van der Waals surface area contributed by atoms with Crippen LogP contribution in [0.3, 0.4) is 0 Å². The Balaban J connectivity index is 2.13. The number of aliphatic hydroxyl groups is 1. The van der Waals surface area contributed by atoms with Crippen LogP contribution in [0.25, 0.3) is 0 Å². The van der Waals surface area contributed by atoms with Gasteiger partial charge in [0.15, 0.2) is 0 Å². The zero-order valence-corrected chi connectivity index (χ0v) is 10.1. The number of carbonyl (C=O) groups excluding carboxylic acids is 1. The van der Waals surface area contributed by atoms with Gasteiger partial charge in [0.1, 0.15) is 0 Å². The molecule has 1 rings (SSSR count). The van der Waals surface area contributed by atoms with Crippen molar-refractivity contribution in [2.45, 2.75) is 32.3 Å². The lowest BCUT2D eigenvalue weighted by Gasteiger charge is -2.21. The maximum Gasteiger partial charge on any atom is 0.317 e. The van der Waals surface area contributed by atoms with E-state index in [0.29, 0.717) is 19.0 Å². The number of amides is 2. The highest BCUT2D eigenvalue weighted by atomic mass is 16.3. The third kappa shape index (κ3) is 4.66. The van der Waals surface area contributed by atoms with Gasteiger partial charge < -0.3 is 15.3 Å². The minimum absolute atomic E-state index is 0.107. The first-order chi connectivity index (χ1) is 7.65. The summed E-state index contributed by atoms with van der Waals surface area (Å²) in [6.45, 7) is 3.03. The molecule has 1 aliphatic rings. The summed E-state index contributed by atoms with van der Waals surface area (Å²) in [6, 6.07) is -0.107. The van der Waals surface area contributed by atoms with Gasteiger partial charge in [-0.2, -0.15) is 0 Å². The number of allylic oxidation sites excluding steroid dienone is 1. The molecule has 1 unspecified atom stereocenters. The van der Waals surface area contributed by atoms with E-state index in [2.05, 4.69) is 5.32 Å². The van der Waals surface area contributed by atoms with E-state index in [0.717, 1.165) is 19.3 Å². The van der Waals surface area contributed by atoms with E-state index in [-0.39, 0.29) is 12.1 Å². The largest absolute Gasteiger partial charge is 0.391 e. The molecule has 2 amide bonds. The molecule has 0 aromatic carbocycles. The van der Waals surface area contributed by atoms with Crippen molar-refractivity contribution in [1.82, 2.24) is 10.2 Å². The van der Waals surface area contributed by atoms with Crippen LogP contribution >= 0.6 is 0 Å². The molecule has 0 aromatic rings. The molecule has 0 aromatic heterocycles. The average Bonchev–Trinajstić information content (AvgIpc) is 3.07. The van der Waals surface area contributed by atoms with E-state index in [4.69, 9.17) is 0 Å². The van der Waals surface area contributed by atoms with Crippen molar-refractivity contribution >= 4 is 6.03 Å². The number of hydrogen-bond donors (Lipinski definition) is 2. The van der Waals surface area contributed by atoms with Gasteiger partial charge in [-0.05, 0) is 32.1 Å². The maximum atomic E-state index is 11.6. The Morgan fingerprint density at radius 2 is 2.31 bits per heavy atom. The highest BCUT2D eigenvalue weighted by Crippen LogP contribution is 2.32. The number of nitrogens with zero attached hydrogens (tertiary/aromatic N) is 1. The topological polar surface area (TPSA) is 52.6 Å². The zero-order valence-electron chi connectivity index (χ0n) is 10.1. The Kier molecular flexibility index (Phi) is 5.32. The molecule has 1 saturated carbocycles. The summed E-state index contributed by atoms with van der Waals surface area (Å²) in [7, 11) is 1.72. The van der Waals surface area contributed by atoms with Gasteiger partial charge in [-0.1, -0.05) is 12.2 Å². The number of urea groups is 1. The van der Waals surface area contributed by atoms with Gasteiger partial charge in [-0.3, -0.25) is 0 Å². The first-order valence-corrected chi connectivity index (χ1v) is 5.93. The first kappa shape index (κ1) is 13.0. The Morgan fingerprint density at radius 1 is 1.62 bits per heavy atom. The normalized spacial score (nSPS) is 17.4. The van der Waals surface area contributed by atoms with E-state index in [1.807, 2.05) is 19.1 Å². The number of hydrogen-bond acceptors (Lipinski definition) is 2. The summed E-state index contributed by atoms with van der Waals surface area (Å²) in [5, 5.41) is 12.5. The van der Waals surface area contributed by atoms with Crippen molar-refractivity contribution in [2.24, 2.45) is 5.92 Å². The third-order valence-electron chi connectivity index (χ3n) is 2.80. The summed E-state index contributed by atoms with van der Waals surface area (Å²) >= 11 is 0. The predicted octanol–water partition coefficient (Wildman–Crippen LogP) is 1.36. The highest BCUT2D eigenvalue weighted by Gasteiger charge is 2.30. The summed E-state index contributed by atoms with van der Waals surface area (Å²) in [5.74, 6) is 0.415. The van der Waals surface area contributed by atoms with Crippen LogP contribution in [-0.4, -0.2) is 42.3 Å². The van der Waals surface area contributed by atoms with E-state index in [1.165, 1.54) is 0 Å². The van der Waals surface area contributed by atoms with Crippen molar-refractivity contribution in [1.29, 1.82) is 0 Å². The minimum atomic E-state index is -0.355. The monoisotopic (exact) mass is 226 g/mol. The van der Waals surface area contributed by atoms with Crippen LogP contribution in [0.4, 0.5) is 4.79 Å². The van der Waals surface area contributed by atoms with Crippen LogP contribution < -0.4 is 5.32 Å². The van der Waals surface area contributed by atoms with Crippen molar-refractivity contribution in [3.63, 3.8) is 0 Å². The smallest absolute Gasteiger partial charge is 0.317 e. The number of likely N-dealkylation sites (N-methyl/N-ethyl adjacent to an activating group) is 1. The molecule has 1 atom stereocenters. The Labute approximate surface area is 97.3 Å². The highest BCUT2D eigenvalue weighted by molar-refractivity contribution is 5.73. The number of carbonyl (C=O) groups is 1. The second kappa shape index (κ2) is 6.53. The molecule has 16 heavy (non-hydrogen) atoms. The maximum absolute atomic E-state index is 11.6. The molecule has 0 spiro atoms. The second-order valence-electron chi connectivity index (χ2n) is 4.37. The van der Waals surface area contributed by atoms with Crippen LogP contribution in [0.1, 0.15) is 26.2 Å². The molecule has 0 saturated heterocycles. The van der Waals surface area contributed by atoms with Crippen LogP contribution in [0.2, 0.25) is 0 Å². The van der Waals surface area contributed by atoms with Crippen molar-refractivity contribution in [3.05, 3.63) is 12.2 Å². The molecule has 0 aliphatic heterocycles. The molecular formula is C12H22N2O2. The summed E-state index contributed by atoms with van der Waals surface area (Å²) in [5.41, 5.74) is 0. The third-order valence-corrected chi connectivity index (χ3v) is 2.80. The number of aliphatic hydroxyl groups excluding tert-OH is 1. The predicted molar refractivity (Wildman–Crippen MR) is 64.2 cm³/mol. The fourth-order valence-electron chi connectivity index (χ4n) is 1.56. The lowest BCUT2D eigenvalue weighted by molar-refractivity contribution is 0.113. The molecule has 4 nitrogen and oxygen atoms in total. The molecule has 1 fully saturated rings. The SMILES string of the molecule is C/C=C/CCNC(=O)N(C)CC(O)C1CC1. The van der Waals surface area contributed by atoms with Gasteiger partial charge in [0.05, 0.1) is 6.10 Å². The molecule has 1 aliphatic carbocycles. The molecule has 0 bridgehead atoms. The molecule has 0 heterocycles. The summed E-state index contributed by atoms with van der Waals surface area (Å²) < 4.78 is 0. The first-order valence-electron chi connectivity index (χ1n) is 5.93. The summed E-state index contributed by atoms with van der Waals surface area (Å²) in [6.07, 6.45) is 6.66. The Hall–Kier alpha value is -1.03. The van der Waals surface area contributed by atoms with Gasteiger partial charge in [0.2, 0.25) is 0 Å². The van der Waals surface area contributed by atoms with Crippen molar-refractivity contribution < 1.29 is 9.90 Å². The summed E-state index contributed by atoms with van der Waals surface area (Å²) in [4.78, 5) is 13.1. The molecular weight excluding hydrogens is 204 g/mol. The Bertz CT molecular complexity index is 249. The van der Waals surface area contributed by atoms with E-state index < -0.39 is 0 Å². The molecule has 4 heteroatoms. The second-order valence-corrected chi connectivity index (χ2v) is 4.37. The fourth-order valence-corrected chi connectivity index (χ4v) is 1.56. The molecule has 0 radical (unpaired) electrons. The fraction of sp³-hybridized carbons (Fsp3) is 0.750. The van der Waals surface area contributed by atoms with Crippen LogP contribution in [0.15, 0.2) is 12.2 Å². The van der Waals surface area contributed by atoms with Crippen molar-refractivity contribution in [3.8, 4) is 0 Å². The van der Waals surface area contributed by atoms with Gasteiger partial charge in [0, 0.05) is 20.1 Å². The van der Waals surface area contributed by atoms with Gasteiger partial charge >= 0.3 is 6.03 Å². The number of rotatable bonds is 6. The van der Waals surface area contributed by atoms with Gasteiger partial charge in [-0.15, -0.1) is 0 Å². The van der Waals surface area contributed by atoms with Gasteiger partial charge in [-0.25, -0.2) is 4.79 Å². The van der Waals surface area contributed by atoms with Crippen LogP contribution in [0.5, 0.6) is 0 Å². The quantitative estimate of drug-likeness (QED) is 0.531. The van der Waals surface area contributed by atoms with Gasteiger partial charge in [0.25, 0.3) is 0 Å². The standard InChI is InChI=1S/C12H22N2O2/c1-3-4-5-8-13-12(16)14(2)9-11(15)10-6-7-10/h3-4,10-11,15H,5-9H2,1-2H3,(H,13,16)/b4-3+. The van der Waals surface area contributed by atoms with E-state index in [1.54, 1.807) is 11.9 Å². The lowest BCUT2D eigenvalue weighted by Crippen LogP contribution is -2.42. The number of nitrogens with one attached hydrogen (secondary N) is 1. The molecule has 92 valence electrons. The van der Waals surface area contributed by atoms with Crippen LogP contribution in [0, 0.1) is 5.92 Å². The van der Waals surface area contributed by atoms with E-state index in [9.17, 15) is 9.90 Å². The Morgan fingerprint density at radius 3 is 2.88 bits per heavy atom. The average molecular weight is 226 g/mol. The molecule has 2 N–H and O–H groups in total. The van der Waals surface area contributed by atoms with Crippen LogP contribution in [-0.2, 0) is 0 Å².